The standard InChI is InChI=1S/C20H26N4O2/c1-20(2,3)15-6-8-16(9-7-15)24-18(25)14-11-21-19(22-12-14)23-13-17-5-4-10-26-17/h6-9,11-12,17H,4-5,10,13H2,1-3H3,(H,24,25)(H,21,22,23). The Kier molecular flexibility index (Phi) is 5.52. The van der Waals surface area contributed by atoms with Crippen LogP contribution in [0.4, 0.5) is 11.6 Å². The summed E-state index contributed by atoms with van der Waals surface area (Å²) in [5.41, 5.74) is 2.49. The SMILES string of the molecule is CC(C)(C)c1ccc(NC(=O)c2cnc(NCC3CCCO3)nc2)cc1. The lowest BCUT2D eigenvalue weighted by atomic mass is 9.87. The number of rotatable bonds is 5. The Morgan fingerprint density at radius 3 is 2.46 bits per heavy atom. The Balaban J connectivity index is 1.55. The van der Waals surface area contributed by atoms with Crippen LogP contribution in [0.15, 0.2) is 36.7 Å². The minimum absolute atomic E-state index is 0.0861. The van der Waals surface area contributed by atoms with Crippen LogP contribution >= 0.6 is 0 Å². The highest BCUT2D eigenvalue weighted by atomic mass is 16.5. The summed E-state index contributed by atoms with van der Waals surface area (Å²) in [5.74, 6) is 0.283. The van der Waals surface area contributed by atoms with Crippen molar-refractivity contribution in [2.45, 2.75) is 45.1 Å². The average Bonchev–Trinajstić information content (AvgIpc) is 3.13. The maximum Gasteiger partial charge on any atom is 0.258 e. The molecule has 1 aromatic heterocycles. The lowest BCUT2D eigenvalue weighted by Crippen LogP contribution is -2.20. The smallest absolute Gasteiger partial charge is 0.258 e. The molecule has 1 amide bonds. The lowest BCUT2D eigenvalue weighted by molar-refractivity contribution is 0.102. The third kappa shape index (κ3) is 4.79. The first-order valence-corrected chi connectivity index (χ1v) is 9.01. The van der Waals surface area contributed by atoms with Crippen LogP contribution in [0.5, 0.6) is 0 Å². The molecular formula is C20H26N4O2. The number of nitrogens with one attached hydrogen (secondary N) is 2. The highest BCUT2D eigenvalue weighted by Gasteiger charge is 2.16. The highest BCUT2D eigenvalue weighted by Crippen LogP contribution is 2.23. The molecular weight excluding hydrogens is 328 g/mol. The Morgan fingerprint density at radius 1 is 1.19 bits per heavy atom. The summed E-state index contributed by atoms with van der Waals surface area (Å²) in [6.45, 7) is 7.99. The number of carbonyl (C=O) groups is 1. The summed E-state index contributed by atoms with van der Waals surface area (Å²) < 4.78 is 5.55. The molecule has 1 aliphatic heterocycles. The molecule has 2 aromatic rings. The molecule has 6 heteroatoms. The van der Waals surface area contributed by atoms with Gasteiger partial charge >= 0.3 is 0 Å². The molecule has 0 aliphatic carbocycles. The van der Waals surface area contributed by atoms with Crippen LogP contribution in [0.2, 0.25) is 0 Å². The van der Waals surface area contributed by atoms with Gasteiger partial charge in [0.2, 0.25) is 5.95 Å². The van der Waals surface area contributed by atoms with Gasteiger partial charge < -0.3 is 15.4 Å². The Morgan fingerprint density at radius 2 is 1.88 bits per heavy atom. The van der Waals surface area contributed by atoms with E-state index in [1.165, 1.54) is 18.0 Å². The van der Waals surface area contributed by atoms with Crippen molar-refractivity contribution >= 4 is 17.5 Å². The van der Waals surface area contributed by atoms with Crippen molar-refractivity contribution in [2.24, 2.45) is 0 Å². The zero-order valence-corrected chi connectivity index (χ0v) is 15.6. The Bertz CT molecular complexity index is 730. The summed E-state index contributed by atoms with van der Waals surface area (Å²) >= 11 is 0. The number of hydrogen-bond acceptors (Lipinski definition) is 5. The van der Waals surface area contributed by atoms with Crippen LogP contribution in [0.3, 0.4) is 0 Å². The molecule has 1 unspecified atom stereocenters. The minimum Gasteiger partial charge on any atom is -0.376 e. The predicted octanol–water partition coefficient (Wildman–Crippen LogP) is 3.62. The van der Waals surface area contributed by atoms with Crippen molar-refractivity contribution in [3.8, 4) is 0 Å². The van der Waals surface area contributed by atoms with E-state index in [-0.39, 0.29) is 17.4 Å². The van der Waals surface area contributed by atoms with Gasteiger partial charge in [-0.25, -0.2) is 9.97 Å². The number of amides is 1. The zero-order chi connectivity index (χ0) is 18.6. The monoisotopic (exact) mass is 354 g/mol. The summed E-state index contributed by atoms with van der Waals surface area (Å²) in [6, 6.07) is 7.89. The molecule has 1 saturated heterocycles. The molecule has 26 heavy (non-hydrogen) atoms. The van der Waals surface area contributed by atoms with Gasteiger partial charge in [0.15, 0.2) is 0 Å². The van der Waals surface area contributed by atoms with E-state index in [0.717, 1.165) is 25.1 Å². The normalized spacial score (nSPS) is 17.1. The second-order valence-electron chi connectivity index (χ2n) is 7.59. The molecule has 1 aliphatic rings. The topological polar surface area (TPSA) is 76.1 Å². The van der Waals surface area contributed by atoms with Crippen molar-refractivity contribution in [3.05, 3.63) is 47.8 Å². The molecule has 1 aromatic carbocycles. The quantitative estimate of drug-likeness (QED) is 0.858. The maximum absolute atomic E-state index is 12.3. The zero-order valence-electron chi connectivity index (χ0n) is 15.6. The Hall–Kier alpha value is -2.47. The van der Waals surface area contributed by atoms with E-state index >= 15 is 0 Å². The molecule has 0 spiro atoms. The fourth-order valence-electron chi connectivity index (χ4n) is 2.80. The van der Waals surface area contributed by atoms with E-state index in [0.29, 0.717) is 18.1 Å². The second-order valence-corrected chi connectivity index (χ2v) is 7.59. The minimum atomic E-state index is -0.223. The van der Waals surface area contributed by atoms with E-state index in [2.05, 4.69) is 41.4 Å². The van der Waals surface area contributed by atoms with Gasteiger partial charge in [0.25, 0.3) is 5.91 Å². The van der Waals surface area contributed by atoms with Crippen molar-refractivity contribution in [1.29, 1.82) is 0 Å². The van der Waals surface area contributed by atoms with Crippen molar-refractivity contribution < 1.29 is 9.53 Å². The first-order valence-electron chi connectivity index (χ1n) is 9.01. The molecule has 3 rings (SSSR count). The van der Waals surface area contributed by atoms with E-state index < -0.39 is 0 Å². The molecule has 1 fully saturated rings. The van der Waals surface area contributed by atoms with Gasteiger partial charge in [0.05, 0.1) is 11.7 Å². The summed E-state index contributed by atoms with van der Waals surface area (Å²) in [5, 5.41) is 6.02. The fraction of sp³-hybridized carbons (Fsp3) is 0.450. The summed E-state index contributed by atoms with van der Waals surface area (Å²) in [4.78, 5) is 20.8. The second kappa shape index (κ2) is 7.83. The van der Waals surface area contributed by atoms with Gasteiger partial charge in [-0.1, -0.05) is 32.9 Å². The summed E-state index contributed by atoms with van der Waals surface area (Å²) in [6.07, 6.45) is 5.44. The van der Waals surface area contributed by atoms with E-state index in [9.17, 15) is 4.79 Å². The largest absolute Gasteiger partial charge is 0.376 e. The van der Waals surface area contributed by atoms with Gasteiger partial charge in [-0.15, -0.1) is 0 Å². The predicted molar refractivity (Wildman–Crippen MR) is 103 cm³/mol. The van der Waals surface area contributed by atoms with Crippen LogP contribution < -0.4 is 10.6 Å². The van der Waals surface area contributed by atoms with Gasteiger partial charge in [-0.3, -0.25) is 4.79 Å². The van der Waals surface area contributed by atoms with Gasteiger partial charge in [-0.05, 0) is 36.0 Å². The first kappa shape index (κ1) is 18.3. The van der Waals surface area contributed by atoms with E-state index in [4.69, 9.17) is 4.74 Å². The molecule has 0 saturated carbocycles. The van der Waals surface area contributed by atoms with Crippen molar-refractivity contribution in [3.63, 3.8) is 0 Å². The molecule has 138 valence electrons. The number of carbonyl (C=O) groups excluding carboxylic acids is 1. The van der Waals surface area contributed by atoms with Crippen LogP contribution in [0.25, 0.3) is 0 Å². The average molecular weight is 354 g/mol. The van der Waals surface area contributed by atoms with E-state index in [1.54, 1.807) is 0 Å². The van der Waals surface area contributed by atoms with Crippen molar-refractivity contribution in [1.82, 2.24) is 9.97 Å². The summed E-state index contributed by atoms with van der Waals surface area (Å²) in [7, 11) is 0. The number of ether oxygens (including phenoxy) is 1. The molecule has 0 radical (unpaired) electrons. The number of hydrogen-bond donors (Lipinski definition) is 2. The molecule has 0 bridgehead atoms. The first-order chi connectivity index (χ1) is 12.4. The van der Waals surface area contributed by atoms with E-state index in [1.807, 2.05) is 24.3 Å². The van der Waals surface area contributed by atoms with Gasteiger partial charge in [0.1, 0.15) is 0 Å². The maximum atomic E-state index is 12.3. The number of benzene rings is 1. The number of nitrogens with zero attached hydrogens (tertiary/aromatic N) is 2. The third-order valence-corrected chi connectivity index (χ3v) is 4.43. The lowest BCUT2D eigenvalue weighted by Gasteiger charge is -2.19. The number of aromatic nitrogens is 2. The number of anilines is 2. The van der Waals surface area contributed by atoms with Gasteiger partial charge in [-0.2, -0.15) is 0 Å². The van der Waals surface area contributed by atoms with Crippen LogP contribution in [0.1, 0.15) is 49.5 Å². The highest BCUT2D eigenvalue weighted by molar-refractivity contribution is 6.03. The molecule has 2 N–H and O–H groups in total. The molecule has 6 nitrogen and oxygen atoms in total. The third-order valence-electron chi connectivity index (χ3n) is 4.43. The van der Waals surface area contributed by atoms with Crippen LogP contribution in [0, 0.1) is 0 Å². The van der Waals surface area contributed by atoms with Crippen LogP contribution in [-0.2, 0) is 10.2 Å². The molecule has 2 heterocycles. The fourth-order valence-corrected chi connectivity index (χ4v) is 2.80. The Labute approximate surface area is 154 Å². The molecule has 1 atom stereocenters. The van der Waals surface area contributed by atoms with Crippen LogP contribution in [-0.4, -0.2) is 35.1 Å². The van der Waals surface area contributed by atoms with Crippen molar-refractivity contribution in [2.75, 3.05) is 23.8 Å². The van der Waals surface area contributed by atoms with Gasteiger partial charge in [0, 0.05) is 31.2 Å².